The van der Waals surface area contributed by atoms with Crippen molar-refractivity contribution < 1.29 is 4.74 Å². The fraction of sp³-hybridized carbons (Fsp3) is 0.263. The maximum absolute atomic E-state index is 8.67. The van der Waals surface area contributed by atoms with E-state index in [0.717, 1.165) is 27.3 Å². The molecule has 0 amide bonds. The van der Waals surface area contributed by atoms with Crippen LogP contribution in [0.2, 0.25) is 0 Å². The maximum Gasteiger partial charge on any atom is 0.231 e. The number of ether oxygens (including phenoxy) is 1. The molecule has 0 atom stereocenters. The fourth-order valence-corrected chi connectivity index (χ4v) is 3.30. The first-order chi connectivity index (χ1) is 13.2. The molecule has 0 bridgehead atoms. The topological polar surface area (TPSA) is 73.9 Å². The smallest absolute Gasteiger partial charge is 0.231 e. The Morgan fingerprint density at radius 2 is 2.04 bits per heavy atom. The summed E-state index contributed by atoms with van der Waals surface area (Å²) in [5.41, 5.74) is 2.65. The molecule has 0 fully saturated rings. The second-order valence-electron chi connectivity index (χ2n) is 5.71. The zero-order chi connectivity index (χ0) is 19.1. The largest absolute Gasteiger partial charge is 0.492 e. The van der Waals surface area contributed by atoms with Gasteiger partial charge < -0.3 is 9.64 Å². The quantitative estimate of drug-likeness (QED) is 0.360. The van der Waals surface area contributed by atoms with Gasteiger partial charge in [0.05, 0.1) is 34.3 Å². The van der Waals surface area contributed by atoms with E-state index in [0.29, 0.717) is 30.6 Å². The molecule has 0 N–H and O–H groups in total. The van der Waals surface area contributed by atoms with Crippen molar-refractivity contribution in [3.8, 4) is 11.8 Å². The molecule has 27 heavy (non-hydrogen) atoms. The number of anilines is 1. The molecule has 0 saturated carbocycles. The molecule has 0 unspecified atom stereocenters. The number of rotatable bonds is 8. The summed E-state index contributed by atoms with van der Waals surface area (Å²) in [7, 11) is 1.96. The highest BCUT2D eigenvalue weighted by Crippen LogP contribution is 2.32. The van der Waals surface area contributed by atoms with Crippen LogP contribution in [0.1, 0.15) is 6.42 Å². The molecular formula is C19H18ClN5OS. The van der Waals surface area contributed by atoms with Gasteiger partial charge in [-0.2, -0.15) is 5.26 Å². The molecule has 3 rings (SSSR count). The predicted molar refractivity (Wildman–Crippen MR) is 110 cm³/mol. The zero-order valence-electron chi connectivity index (χ0n) is 14.8. The van der Waals surface area contributed by atoms with Crippen LogP contribution < -0.4 is 9.64 Å². The van der Waals surface area contributed by atoms with Gasteiger partial charge in [0.15, 0.2) is 0 Å². The number of nitrogens with zero attached hydrogens (tertiary/aromatic N) is 5. The van der Waals surface area contributed by atoms with E-state index >= 15 is 0 Å². The predicted octanol–water partition coefficient (Wildman–Crippen LogP) is 5.68. The van der Waals surface area contributed by atoms with Crippen LogP contribution in [0.15, 0.2) is 52.7 Å². The highest BCUT2D eigenvalue weighted by atomic mass is 35.5. The van der Waals surface area contributed by atoms with Crippen LogP contribution in [0, 0.1) is 11.3 Å². The molecule has 3 aromatic rings. The number of hydrogen-bond donors (Lipinski definition) is 0. The van der Waals surface area contributed by atoms with E-state index in [2.05, 4.69) is 21.3 Å². The highest BCUT2D eigenvalue weighted by molar-refractivity contribution is 7.21. The molecule has 0 aliphatic rings. The molecule has 6 nitrogen and oxygen atoms in total. The molecule has 0 saturated heterocycles. The van der Waals surface area contributed by atoms with E-state index in [1.165, 1.54) is 11.3 Å². The van der Waals surface area contributed by atoms with E-state index in [-0.39, 0.29) is 0 Å². The second-order valence-corrected chi connectivity index (χ2v) is 7.10. The van der Waals surface area contributed by atoms with Gasteiger partial charge in [-0.3, -0.25) is 0 Å². The normalized spacial score (nSPS) is 11.0. The van der Waals surface area contributed by atoms with Crippen LogP contribution in [0.25, 0.3) is 10.2 Å². The summed E-state index contributed by atoms with van der Waals surface area (Å²) in [5.74, 6) is 1.22. The van der Waals surface area contributed by atoms with Crippen LogP contribution in [0.5, 0.6) is 5.75 Å². The van der Waals surface area contributed by atoms with Crippen molar-refractivity contribution in [2.45, 2.75) is 6.42 Å². The first kappa shape index (κ1) is 19.1. The third-order valence-electron chi connectivity index (χ3n) is 3.80. The van der Waals surface area contributed by atoms with Gasteiger partial charge in [-0.15, -0.1) is 21.8 Å². The number of fused-ring (bicyclic) bond motifs is 1. The molecule has 138 valence electrons. The first-order valence-electron chi connectivity index (χ1n) is 8.39. The Morgan fingerprint density at radius 3 is 2.78 bits per heavy atom. The lowest BCUT2D eigenvalue weighted by atomic mass is 10.2. The minimum Gasteiger partial charge on any atom is -0.492 e. The lowest BCUT2D eigenvalue weighted by molar-refractivity contribution is 0.343. The molecule has 0 aliphatic carbocycles. The lowest BCUT2D eigenvalue weighted by Gasteiger charge is -2.17. The Hall–Kier alpha value is -2.69. The Bertz CT molecular complexity index is 964. The third kappa shape index (κ3) is 5.16. The number of halogens is 1. The highest BCUT2D eigenvalue weighted by Gasteiger charge is 2.05. The van der Waals surface area contributed by atoms with Crippen molar-refractivity contribution in [2.75, 3.05) is 31.0 Å². The maximum atomic E-state index is 8.67. The van der Waals surface area contributed by atoms with Crippen LogP contribution >= 0.6 is 22.9 Å². The van der Waals surface area contributed by atoms with Crippen molar-refractivity contribution in [3.05, 3.63) is 42.5 Å². The van der Waals surface area contributed by atoms with E-state index in [9.17, 15) is 0 Å². The molecule has 2 aromatic carbocycles. The number of alkyl halides is 1. The molecule has 1 aromatic heterocycles. The summed E-state index contributed by atoms with van der Waals surface area (Å²) in [6, 6.07) is 15.6. The van der Waals surface area contributed by atoms with E-state index < -0.39 is 0 Å². The Kier molecular flexibility index (Phi) is 6.58. The van der Waals surface area contributed by atoms with Crippen LogP contribution in [-0.4, -0.2) is 31.1 Å². The number of thiazole rings is 1. The first-order valence-corrected chi connectivity index (χ1v) is 9.74. The Balaban J connectivity index is 1.69. The van der Waals surface area contributed by atoms with Gasteiger partial charge in [0.2, 0.25) is 5.13 Å². The summed E-state index contributed by atoms with van der Waals surface area (Å²) in [6.07, 6.45) is 0.494. The second kappa shape index (κ2) is 9.31. The monoisotopic (exact) mass is 399 g/mol. The summed E-state index contributed by atoms with van der Waals surface area (Å²) < 4.78 is 6.52. The van der Waals surface area contributed by atoms with Crippen LogP contribution in [-0.2, 0) is 0 Å². The standard InChI is InChI=1S/C19H18ClN5OS/c1-25(11-2-10-21)15-5-3-14(4-6-15)23-24-19-22-17-8-7-16(26-12-9-20)13-18(17)27-19/h3-8,13H,2,9,11-12H2,1H3. The average molecular weight is 400 g/mol. The van der Waals surface area contributed by atoms with E-state index in [1.54, 1.807) is 0 Å². The van der Waals surface area contributed by atoms with Crippen molar-refractivity contribution in [1.82, 2.24) is 4.98 Å². The molecule has 0 spiro atoms. The Morgan fingerprint density at radius 1 is 1.22 bits per heavy atom. The van der Waals surface area contributed by atoms with Crippen molar-refractivity contribution >= 4 is 49.7 Å². The van der Waals surface area contributed by atoms with Crippen molar-refractivity contribution in [2.24, 2.45) is 10.2 Å². The molecule has 0 radical (unpaired) electrons. The molecular weight excluding hydrogens is 382 g/mol. The lowest BCUT2D eigenvalue weighted by Crippen LogP contribution is -2.17. The van der Waals surface area contributed by atoms with Crippen molar-refractivity contribution in [3.63, 3.8) is 0 Å². The zero-order valence-corrected chi connectivity index (χ0v) is 16.4. The van der Waals surface area contributed by atoms with Gasteiger partial charge in [0.25, 0.3) is 0 Å². The summed E-state index contributed by atoms with van der Waals surface area (Å²) in [4.78, 5) is 6.50. The summed E-state index contributed by atoms with van der Waals surface area (Å²) in [6.45, 7) is 1.17. The van der Waals surface area contributed by atoms with Gasteiger partial charge in [-0.25, -0.2) is 4.98 Å². The van der Waals surface area contributed by atoms with E-state index in [1.807, 2.05) is 54.4 Å². The average Bonchev–Trinajstić information content (AvgIpc) is 3.11. The number of nitriles is 1. The molecule has 1 heterocycles. The van der Waals surface area contributed by atoms with Gasteiger partial charge in [-0.1, -0.05) is 11.3 Å². The van der Waals surface area contributed by atoms with Crippen LogP contribution in [0.4, 0.5) is 16.5 Å². The minimum absolute atomic E-state index is 0.451. The molecule has 8 heteroatoms. The minimum atomic E-state index is 0.451. The van der Waals surface area contributed by atoms with E-state index in [4.69, 9.17) is 21.6 Å². The van der Waals surface area contributed by atoms with Gasteiger partial charge >= 0.3 is 0 Å². The third-order valence-corrected chi connectivity index (χ3v) is 4.85. The number of hydrogen-bond acceptors (Lipinski definition) is 7. The molecule has 0 aliphatic heterocycles. The van der Waals surface area contributed by atoms with Gasteiger partial charge in [-0.05, 0) is 42.5 Å². The Labute approximate surface area is 166 Å². The fourth-order valence-electron chi connectivity index (χ4n) is 2.40. The van der Waals surface area contributed by atoms with Gasteiger partial charge in [0.1, 0.15) is 12.4 Å². The van der Waals surface area contributed by atoms with Gasteiger partial charge in [0, 0.05) is 19.3 Å². The summed E-state index contributed by atoms with van der Waals surface area (Å²) >= 11 is 7.10. The SMILES string of the molecule is CN(CCC#N)c1ccc(N=Nc2nc3ccc(OCCCl)cc3s2)cc1. The van der Waals surface area contributed by atoms with Crippen molar-refractivity contribution in [1.29, 1.82) is 5.26 Å². The number of aromatic nitrogens is 1. The summed E-state index contributed by atoms with van der Waals surface area (Å²) in [5, 5.41) is 17.8. The van der Waals surface area contributed by atoms with Crippen LogP contribution in [0.3, 0.4) is 0 Å². The number of azo groups is 1. The number of benzene rings is 2.